The summed E-state index contributed by atoms with van der Waals surface area (Å²) in [5, 5.41) is 18.5. The number of hydrogen-bond acceptors (Lipinski definition) is 5. The first-order valence-corrected chi connectivity index (χ1v) is 7.78. The number of aromatic carboxylic acids is 2. The van der Waals surface area contributed by atoms with Gasteiger partial charge in [-0.3, -0.25) is 4.79 Å². The lowest BCUT2D eigenvalue weighted by molar-refractivity contribution is 0.0660. The van der Waals surface area contributed by atoms with E-state index in [0.717, 1.165) is 0 Å². The molecule has 0 aliphatic carbocycles. The van der Waals surface area contributed by atoms with Crippen LogP contribution in [0.5, 0.6) is 0 Å². The number of nitrogens with zero attached hydrogens (tertiary/aromatic N) is 1. The second-order valence-corrected chi connectivity index (χ2v) is 5.81. The van der Waals surface area contributed by atoms with Crippen LogP contribution in [0.3, 0.4) is 0 Å². The number of aromatic nitrogens is 1. The Morgan fingerprint density at radius 2 is 1.96 bits per heavy atom. The molecule has 0 saturated heterocycles. The SMILES string of the molecule is CCCc1c2nc(C(=O)O)ccc2cc2c(=O)c(Cl)c(C(=O)O)oc12. The predicted molar refractivity (Wildman–Crippen MR) is 90.7 cm³/mol. The van der Waals surface area contributed by atoms with Gasteiger partial charge in [-0.2, -0.15) is 0 Å². The third-order valence-corrected chi connectivity index (χ3v) is 4.13. The van der Waals surface area contributed by atoms with Crippen LogP contribution in [0, 0.1) is 0 Å². The highest BCUT2D eigenvalue weighted by Gasteiger charge is 2.22. The van der Waals surface area contributed by atoms with Crippen molar-refractivity contribution < 1.29 is 24.2 Å². The maximum absolute atomic E-state index is 12.5. The molecule has 2 aromatic heterocycles. The molecule has 7 nitrogen and oxygen atoms in total. The van der Waals surface area contributed by atoms with Gasteiger partial charge in [0, 0.05) is 10.9 Å². The van der Waals surface area contributed by atoms with Crippen molar-refractivity contribution in [1.29, 1.82) is 0 Å². The quantitative estimate of drug-likeness (QED) is 0.684. The molecular formula is C17H12ClNO6. The molecule has 0 aliphatic heterocycles. The Hall–Kier alpha value is -2.93. The molecule has 0 spiro atoms. The van der Waals surface area contributed by atoms with E-state index in [1.165, 1.54) is 12.1 Å². The third kappa shape index (κ3) is 2.72. The molecule has 8 heteroatoms. The third-order valence-electron chi connectivity index (χ3n) is 3.79. The first-order valence-electron chi connectivity index (χ1n) is 7.40. The van der Waals surface area contributed by atoms with Gasteiger partial charge in [0.05, 0.1) is 10.9 Å². The van der Waals surface area contributed by atoms with Gasteiger partial charge in [-0.15, -0.1) is 0 Å². The first-order chi connectivity index (χ1) is 11.8. The summed E-state index contributed by atoms with van der Waals surface area (Å²) in [4.78, 5) is 39.1. The molecule has 0 fully saturated rings. The van der Waals surface area contributed by atoms with E-state index in [0.29, 0.717) is 29.3 Å². The molecular weight excluding hydrogens is 350 g/mol. The second kappa shape index (κ2) is 6.18. The fourth-order valence-corrected chi connectivity index (χ4v) is 2.93. The Labute approximate surface area is 145 Å². The highest BCUT2D eigenvalue weighted by molar-refractivity contribution is 6.33. The van der Waals surface area contributed by atoms with Crippen LogP contribution in [0.25, 0.3) is 21.9 Å². The summed E-state index contributed by atoms with van der Waals surface area (Å²) in [6.07, 6.45) is 1.08. The lowest BCUT2D eigenvalue weighted by Gasteiger charge is -2.11. The van der Waals surface area contributed by atoms with Crippen molar-refractivity contribution in [2.75, 3.05) is 0 Å². The summed E-state index contributed by atoms with van der Waals surface area (Å²) in [6, 6.07) is 4.36. The molecule has 128 valence electrons. The minimum Gasteiger partial charge on any atom is -0.477 e. The van der Waals surface area contributed by atoms with E-state index in [1.54, 1.807) is 6.07 Å². The number of carboxylic acids is 2. The van der Waals surface area contributed by atoms with E-state index in [-0.39, 0.29) is 16.7 Å². The molecule has 0 aliphatic rings. The highest BCUT2D eigenvalue weighted by Crippen LogP contribution is 2.30. The molecule has 1 aromatic carbocycles. The maximum atomic E-state index is 12.5. The van der Waals surface area contributed by atoms with Crippen LogP contribution >= 0.6 is 11.6 Å². The van der Waals surface area contributed by atoms with Crippen LogP contribution in [0.2, 0.25) is 5.02 Å². The molecule has 0 radical (unpaired) electrons. The fraction of sp³-hybridized carbons (Fsp3) is 0.176. The average Bonchev–Trinajstić information content (AvgIpc) is 2.57. The van der Waals surface area contributed by atoms with Crippen molar-refractivity contribution >= 4 is 45.4 Å². The molecule has 0 bridgehead atoms. The van der Waals surface area contributed by atoms with Gasteiger partial charge in [0.2, 0.25) is 11.2 Å². The molecule has 3 rings (SSSR count). The number of carbonyl (C=O) groups is 2. The Balaban J connectivity index is 2.53. The maximum Gasteiger partial charge on any atom is 0.373 e. The number of carboxylic acid groups (broad SMARTS) is 2. The van der Waals surface area contributed by atoms with Gasteiger partial charge in [-0.05, 0) is 18.6 Å². The molecule has 25 heavy (non-hydrogen) atoms. The summed E-state index contributed by atoms with van der Waals surface area (Å²) >= 11 is 5.83. The van der Waals surface area contributed by atoms with Crippen molar-refractivity contribution in [1.82, 2.24) is 4.98 Å². The van der Waals surface area contributed by atoms with Crippen LogP contribution in [0.1, 0.15) is 40.0 Å². The number of pyridine rings is 1. The number of rotatable bonds is 4. The zero-order valence-electron chi connectivity index (χ0n) is 13.0. The monoisotopic (exact) mass is 361 g/mol. The van der Waals surface area contributed by atoms with Crippen molar-refractivity contribution in [3.05, 3.63) is 50.5 Å². The first kappa shape index (κ1) is 16.9. The second-order valence-electron chi connectivity index (χ2n) is 5.43. The summed E-state index contributed by atoms with van der Waals surface area (Å²) in [5.74, 6) is -3.29. The van der Waals surface area contributed by atoms with E-state index in [2.05, 4.69) is 4.98 Å². The predicted octanol–water partition coefficient (Wildman–Crippen LogP) is 3.34. The summed E-state index contributed by atoms with van der Waals surface area (Å²) in [6.45, 7) is 1.89. The molecule has 0 amide bonds. The van der Waals surface area contributed by atoms with E-state index in [4.69, 9.17) is 21.1 Å². The number of hydrogen-bond donors (Lipinski definition) is 2. The Morgan fingerprint density at radius 3 is 2.56 bits per heavy atom. The number of aryl methyl sites for hydroxylation is 1. The smallest absolute Gasteiger partial charge is 0.373 e. The van der Waals surface area contributed by atoms with Gasteiger partial charge < -0.3 is 14.6 Å². The molecule has 2 heterocycles. The minimum atomic E-state index is -1.46. The standard InChI is InChI=1S/C17H12ClNO6/c1-2-3-8-12-7(4-5-10(19-12)16(21)22)6-9-13(20)11(18)15(17(23)24)25-14(8)9/h4-6H,2-3H2,1H3,(H,21,22)(H,23,24). The van der Waals surface area contributed by atoms with Gasteiger partial charge >= 0.3 is 11.9 Å². The normalized spacial score (nSPS) is 11.1. The molecule has 0 atom stereocenters. The molecule has 0 saturated carbocycles. The summed E-state index contributed by atoms with van der Waals surface area (Å²) in [5.41, 5.74) is 0.0995. The average molecular weight is 362 g/mol. The Kier molecular flexibility index (Phi) is 4.18. The number of benzene rings is 1. The number of halogens is 1. The number of fused-ring (bicyclic) bond motifs is 2. The van der Waals surface area contributed by atoms with Gasteiger partial charge in [0.25, 0.3) is 0 Å². The van der Waals surface area contributed by atoms with Crippen LogP contribution in [-0.2, 0) is 6.42 Å². The zero-order chi connectivity index (χ0) is 18.3. The topological polar surface area (TPSA) is 118 Å². The van der Waals surface area contributed by atoms with Crippen LogP contribution in [0.15, 0.2) is 27.4 Å². The highest BCUT2D eigenvalue weighted by atomic mass is 35.5. The van der Waals surface area contributed by atoms with Crippen LogP contribution in [-0.4, -0.2) is 27.1 Å². The van der Waals surface area contributed by atoms with E-state index >= 15 is 0 Å². The van der Waals surface area contributed by atoms with E-state index < -0.39 is 28.2 Å². The minimum absolute atomic E-state index is 0.0659. The van der Waals surface area contributed by atoms with Crippen molar-refractivity contribution in [3.8, 4) is 0 Å². The van der Waals surface area contributed by atoms with Gasteiger partial charge in [-0.1, -0.05) is 31.0 Å². The van der Waals surface area contributed by atoms with E-state index in [9.17, 15) is 19.5 Å². The lowest BCUT2D eigenvalue weighted by atomic mass is 10.0. The molecule has 0 unspecified atom stereocenters. The fourth-order valence-electron chi connectivity index (χ4n) is 2.71. The largest absolute Gasteiger partial charge is 0.477 e. The summed E-state index contributed by atoms with van der Waals surface area (Å²) in [7, 11) is 0. The van der Waals surface area contributed by atoms with Gasteiger partial charge in [0.1, 0.15) is 16.3 Å². The molecule has 2 N–H and O–H groups in total. The van der Waals surface area contributed by atoms with Crippen LogP contribution in [0.4, 0.5) is 0 Å². The lowest BCUT2D eigenvalue weighted by Crippen LogP contribution is -2.11. The Morgan fingerprint density at radius 1 is 1.24 bits per heavy atom. The van der Waals surface area contributed by atoms with Gasteiger partial charge in [-0.25, -0.2) is 14.6 Å². The van der Waals surface area contributed by atoms with Crippen molar-refractivity contribution in [3.63, 3.8) is 0 Å². The van der Waals surface area contributed by atoms with Crippen LogP contribution < -0.4 is 5.43 Å². The van der Waals surface area contributed by atoms with Crippen molar-refractivity contribution in [2.24, 2.45) is 0 Å². The van der Waals surface area contributed by atoms with Crippen molar-refractivity contribution in [2.45, 2.75) is 19.8 Å². The van der Waals surface area contributed by atoms with E-state index in [1.807, 2.05) is 6.92 Å². The van der Waals surface area contributed by atoms with Gasteiger partial charge in [0.15, 0.2) is 0 Å². The zero-order valence-corrected chi connectivity index (χ0v) is 13.8. The molecule has 3 aromatic rings. The summed E-state index contributed by atoms with van der Waals surface area (Å²) < 4.78 is 5.41. The Bertz CT molecular complexity index is 1100.